The summed E-state index contributed by atoms with van der Waals surface area (Å²) in [6.45, 7) is 8.05. The molecular formula is C24H38N4O4S. The van der Waals surface area contributed by atoms with Crippen molar-refractivity contribution in [1.82, 2.24) is 18.7 Å². The average molecular weight is 479 g/mol. The Bertz CT molecular complexity index is 980. The Morgan fingerprint density at radius 3 is 2.12 bits per heavy atom. The van der Waals surface area contributed by atoms with Gasteiger partial charge in [-0.1, -0.05) is 12.8 Å². The first-order valence-electron chi connectivity index (χ1n) is 12.3. The van der Waals surface area contributed by atoms with Crippen LogP contribution < -0.4 is 0 Å². The molecule has 0 unspecified atom stereocenters. The molecule has 184 valence electrons. The lowest BCUT2D eigenvalue weighted by molar-refractivity contribution is -0.138. The monoisotopic (exact) mass is 478 g/mol. The Kier molecular flexibility index (Phi) is 7.31. The summed E-state index contributed by atoms with van der Waals surface area (Å²) in [6, 6.07) is 2.59. The normalized spacial score (nSPS) is 22.2. The minimum absolute atomic E-state index is 0.0999. The van der Waals surface area contributed by atoms with Crippen molar-refractivity contribution in [3.8, 4) is 0 Å². The van der Waals surface area contributed by atoms with E-state index in [9.17, 15) is 18.0 Å². The highest BCUT2D eigenvalue weighted by Gasteiger charge is 2.33. The van der Waals surface area contributed by atoms with Crippen molar-refractivity contribution in [1.29, 1.82) is 0 Å². The summed E-state index contributed by atoms with van der Waals surface area (Å²) < 4.78 is 27.2. The number of carbonyl (C=O) groups excluding carboxylic acids is 2. The molecule has 0 atom stereocenters. The largest absolute Gasteiger partial charge is 0.345 e. The lowest BCUT2D eigenvalue weighted by atomic mass is 9.96. The zero-order valence-electron chi connectivity index (χ0n) is 20.3. The van der Waals surface area contributed by atoms with Crippen molar-refractivity contribution in [2.45, 2.75) is 58.4 Å². The van der Waals surface area contributed by atoms with Crippen molar-refractivity contribution in [2.75, 3.05) is 52.1 Å². The van der Waals surface area contributed by atoms with E-state index >= 15 is 0 Å². The second-order valence-electron chi connectivity index (χ2n) is 10.1. The highest BCUT2D eigenvalue weighted by molar-refractivity contribution is 7.88. The third-order valence-electron chi connectivity index (χ3n) is 7.80. The smallest absolute Gasteiger partial charge is 0.225 e. The van der Waals surface area contributed by atoms with E-state index < -0.39 is 10.0 Å². The van der Waals surface area contributed by atoms with Crippen molar-refractivity contribution in [3.63, 3.8) is 0 Å². The number of piperazine rings is 1. The summed E-state index contributed by atoms with van der Waals surface area (Å²) in [7, 11) is -3.18. The van der Waals surface area contributed by atoms with Gasteiger partial charge in [0.2, 0.25) is 15.9 Å². The first-order chi connectivity index (χ1) is 15.6. The fourth-order valence-corrected chi connectivity index (χ4v) is 6.77. The first-order valence-corrected chi connectivity index (χ1v) is 14.2. The van der Waals surface area contributed by atoms with Gasteiger partial charge in [-0.3, -0.25) is 14.5 Å². The van der Waals surface area contributed by atoms with Gasteiger partial charge in [0.1, 0.15) is 0 Å². The molecule has 8 nitrogen and oxygen atoms in total. The number of hydrogen-bond acceptors (Lipinski definition) is 5. The molecule has 1 amide bonds. The van der Waals surface area contributed by atoms with Gasteiger partial charge in [-0.2, -0.15) is 0 Å². The molecule has 0 spiro atoms. The molecule has 0 bridgehead atoms. The summed E-state index contributed by atoms with van der Waals surface area (Å²) in [5.74, 6) is 0.201. The SMILES string of the molecule is Cc1cc(C(=O)CN2CCN(C(=O)C3CCN(S(C)(=O)=O)CC3)CC2)c(C)n1C1CCCC1. The summed E-state index contributed by atoms with van der Waals surface area (Å²) in [4.78, 5) is 30.1. The van der Waals surface area contributed by atoms with E-state index in [0.717, 1.165) is 11.3 Å². The van der Waals surface area contributed by atoms with Gasteiger partial charge in [0.05, 0.1) is 12.8 Å². The van der Waals surface area contributed by atoms with E-state index in [1.54, 1.807) is 0 Å². The van der Waals surface area contributed by atoms with Gasteiger partial charge in [-0.25, -0.2) is 12.7 Å². The molecule has 9 heteroatoms. The van der Waals surface area contributed by atoms with Crippen LogP contribution >= 0.6 is 0 Å². The zero-order chi connectivity index (χ0) is 23.8. The molecule has 1 aliphatic carbocycles. The maximum absolute atomic E-state index is 13.1. The van der Waals surface area contributed by atoms with Crippen LogP contribution in [-0.2, 0) is 14.8 Å². The van der Waals surface area contributed by atoms with Crippen LogP contribution in [0.3, 0.4) is 0 Å². The van der Waals surface area contributed by atoms with Gasteiger partial charge in [0.15, 0.2) is 5.78 Å². The average Bonchev–Trinajstić information content (AvgIpc) is 3.40. The van der Waals surface area contributed by atoms with Crippen LogP contribution in [0.1, 0.15) is 66.3 Å². The molecule has 3 fully saturated rings. The van der Waals surface area contributed by atoms with Crippen LogP contribution in [0.4, 0.5) is 0 Å². The molecule has 0 aromatic carbocycles. The predicted octanol–water partition coefficient (Wildman–Crippen LogP) is 2.22. The number of amides is 1. The van der Waals surface area contributed by atoms with Gasteiger partial charge in [0.25, 0.3) is 0 Å². The maximum Gasteiger partial charge on any atom is 0.225 e. The summed E-state index contributed by atoms with van der Waals surface area (Å²) in [6.07, 6.45) is 7.33. The molecular weight excluding hydrogens is 440 g/mol. The first kappa shape index (κ1) is 24.4. The van der Waals surface area contributed by atoms with Crippen LogP contribution in [0.5, 0.6) is 0 Å². The van der Waals surface area contributed by atoms with Crippen molar-refractivity contribution in [2.24, 2.45) is 5.92 Å². The standard InChI is InChI=1S/C24H38N4O4S/c1-18-16-22(19(2)28(18)21-6-4-5-7-21)23(29)17-25-12-14-26(15-13-25)24(30)20-8-10-27(11-9-20)33(3,31)32/h16,20-21H,4-15,17H2,1-3H3. The van der Waals surface area contributed by atoms with Crippen LogP contribution in [0.2, 0.25) is 0 Å². The number of carbonyl (C=O) groups is 2. The van der Waals surface area contributed by atoms with Gasteiger partial charge >= 0.3 is 0 Å². The number of hydrogen-bond donors (Lipinski definition) is 0. The lowest BCUT2D eigenvalue weighted by Gasteiger charge is -2.38. The van der Waals surface area contributed by atoms with E-state index in [0.29, 0.717) is 64.7 Å². The number of nitrogens with zero attached hydrogens (tertiary/aromatic N) is 4. The number of Topliss-reactive ketones (excluding diaryl/α,β-unsaturated/α-hetero) is 1. The highest BCUT2D eigenvalue weighted by Crippen LogP contribution is 2.33. The van der Waals surface area contributed by atoms with E-state index in [-0.39, 0.29) is 17.6 Å². The van der Waals surface area contributed by atoms with Gasteiger partial charge in [0, 0.05) is 68.2 Å². The lowest BCUT2D eigenvalue weighted by Crippen LogP contribution is -2.52. The maximum atomic E-state index is 13.1. The minimum atomic E-state index is -3.18. The minimum Gasteiger partial charge on any atom is -0.345 e. The summed E-state index contributed by atoms with van der Waals surface area (Å²) >= 11 is 0. The Morgan fingerprint density at radius 1 is 0.939 bits per heavy atom. The third kappa shape index (κ3) is 5.35. The van der Waals surface area contributed by atoms with Crippen LogP contribution in [0, 0.1) is 19.8 Å². The second kappa shape index (κ2) is 9.88. The van der Waals surface area contributed by atoms with Crippen molar-refractivity contribution >= 4 is 21.7 Å². The molecule has 1 aromatic rings. The Morgan fingerprint density at radius 2 is 1.55 bits per heavy atom. The molecule has 2 aliphatic heterocycles. The molecule has 3 heterocycles. The molecule has 1 aromatic heterocycles. The van der Waals surface area contributed by atoms with Gasteiger partial charge in [-0.15, -0.1) is 0 Å². The van der Waals surface area contributed by atoms with E-state index in [2.05, 4.69) is 29.4 Å². The summed E-state index contributed by atoms with van der Waals surface area (Å²) in [5.41, 5.74) is 3.12. The number of aryl methyl sites for hydroxylation is 1. The van der Waals surface area contributed by atoms with Crippen molar-refractivity contribution in [3.05, 3.63) is 23.0 Å². The Balaban J connectivity index is 1.28. The molecule has 0 N–H and O–H groups in total. The topological polar surface area (TPSA) is 82.9 Å². The third-order valence-corrected chi connectivity index (χ3v) is 9.10. The Labute approximate surface area is 197 Å². The molecule has 33 heavy (non-hydrogen) atoms. The fraction of sp³-hybridized carbons (Fsp3) is 0.750. The second-order valence-corrected chi connectivity index (χ2v) is 12.0. The number of piperidine rings is 1. The van der Waals surface area contributed by atoms with Crippen molar-refractivity contribution < 1.29 is 18.0 Å². The predicted molar refractivity (Wildman–Crippen MR) is 128 cm³/mol. The molecule has 4 rings (SSSR count). The molecule has 2 saturated heterocycles. The van der Waals surface area contributed by atoms with Gasteiger partial charge < -0.3 is 9.47 Å². The Hall–Kier alpha value is -1.71. The number of ketones is 1. The van der Waals surface area contributed by atoms with E-state index in [4.69, 9.17) is 0 Å². The quantitative estimate of drug-likeness (QED) is 0.586. The van der Waals surface area contributed by atoms with Crippen LogP contribution in [0.15, 0.2) is 6.07 Å². The summed E-state index contributed by atoms with van der Waals surface area (Å²) in [5, 5.41) is 0. The number of sulfonamides is 1. The number of aromatic nitrogens is 1. The molecule has 3 aliphatic rings. The van der Waals surface area contributed by atoms with Crippen LogP contribution in [0.25, 0.3) is 0 Å². The number of rotatable bonds is 6. The molecule has 1 saturated carbocycles. The van der Waals surface area contributed by atoms with Crippen LogP contribution in [-0.4, -0.2) is 90.8 Å². The van der Waals surface area contributed by atoms with Gasteiger partial charge in [-0.05, 0) is 45.6 Å². The van der Waals surface area contributed by atoms with E-state index in [1.807, 2.05) is 4.90 Å². The highest BCUT2D eigenvalue weighted by atomic mass is 32.2. The zero-order valence-corrected chi connectivity index (χ0v) is 21.1. The molecule has 0 radical (unpaired) electrons. The fourth-order valence-electron chi connectivity index (χ4n) is 5.89. The van der Waals surface area contributed by atoms with E-state index in [1.165, 1.54) is 41.9 Å².